The summed E-state index contributed by atoms with van der Waals surface area (Å²) in [7, 11) is -3.35. The number of sulfonamides is 1. The number of ether oxygens (including phenoxy) is 1. The van der Waals surface area contributed by atoms with Crippen LogP contribution in [0.5, 0.6) is 5.75 Å². The van der Waals surface area contributed by atoms with Crippen LogP contribution in [0, 0.1) is 0 Å². The molecule has 0 saturated heterocycles. The van der Waals surface area contributed by atoms with Crippen LogP contribution in [0.2, 0.25) is 0 Å². The van der Waals surface area contributed by atoms with Crippen molar-refractivity contribution in [2.24, 2.45) is 0 Å². The lowest BCUT2D eigenvalue weighted by Crippen LogP contribution is -2.09. The maximum absolute atomic E-state index is 11.7. The molecule has 0 unspecified atom stereocenters. The van der Waals surface area contributed by atoms with Crippen molar-refractivity contribution in [3.05, 3.63) is 130 Å². The zero-order chi connectivity index (χ0) is 25.0. The maximum Gasteiger partial charge on any atom is 0.229 e. The second-order valence-electron chi connectivity index (χ2n) is 9.12. The van der Waals surface area contributed by atoms with Crippen LogP contribution >= 0.6 is 0 Å². The summed E-state index contributed by atoms with van der Waals surface area (Å²) in [6.45, 7) is 0.631. The Balaban J connectivity index is 1.47. The third kappa shape index (κ3) is 5.86. The van der Waals surface area contributed by atoms with Crippen molar-refractivity contribution in [1.29, 1.82) is 0 Å². The molecule has 0 atom stereocenters. The minimum atomic E-state index is -3.35. The molecule has 0 spiro atoms. The number of fused-ring (bicyclic) bond motifs is 2. The Bertz CT molecular complexity index is 1510. The molecule has 0 amide bonds. The van der Waals surface area contributed by atoms with Crippen molar-refractivity contribution in [3.8, 4) is 5.75 Å². The van der Waals surface area contributed by atoms with Gasteiger partial charge in [-0.05, 0) is 82.1 Å². The number of nitrogens with one attached hydrogen (secondary N) is 1. The van der Waals surface area contributed by atoms with Gasteiger partial charge in [0.25, 0.3) is 0 Å². The molecule has 0 fully saturated rings. The summed E-state index contributed by atoms with van der Waals surface area (Å²) in [5.74, 6) is 0.884. The summed E-state index contributed by atoms with van der Waals surface area (Å²) in [4.78, 5) is 0. The summed E-state index contributed by atoms with van der Waals surface area (Å²) in [6.07, 6.45) is 6.05. The first-order chi connectivity index (χ1) is 17.4. The molecule has 0 saturated carbocycles. The van der Waals surface area contributed by atoms with Crippen LogP contribution in [0.1, 0.15) is 33.4 Å². The second kappa shape index (κ2) is 10.4. The summed E-state index contributed by atoms with van der Waals surface area (Å²) < 4.78 is 32.1. The highest BCUT2D eigenvalue weighted by atomic mass is 32.2. The highest BCUT2D eigenvalue weighted by Gasteiger charge is 2.19. The molecule has 5 heteroatoms. The number of aryl methyl sites for hydroxylation is 2. The Morgan fingerprint density at radius 2 is 1.56 bits per heavy atom. The Morgan fingerprint density at radius 1 is 0.806 bits per heavy atom. The number of anilines is 1. The van der Waals surface area contributed by atoms with Gasteiger partial charge in [-0.1, -0.05) is 72.8 Å². The quantitative estimate of drug-likeness (QED) is 0.324. The van der Waals surface area contributed by atoms with Crippen LogP contribution in [0.3, 0.4) is 0 Å². The topological polar surface area (TPSA) is 55.4 Å². The Morgan fingerprint density at radius 3 is 2.39 bits per heavy atom. The molecule has 182 valence electrons. The molecular formula is C31H29NO3S. The Kier molecular flexibility index (Phi) is 6.92. The van der Waals surface area contributed by atoms with Crippen molar-refractivity contribution in [2.45, 2.75) is 19.3 Å². The molecule has 0 bridgehead atoms. The van der Waals surface area contributed by atoms with Gasteiger partial charge in [-0.15, -0.1) is 0 Å². The first-order valence-corrected chi connectivity index (χ1v) is 14.0. The summed E-state index contributed by atoms with van der Waals surface area (Å²) in [6, 6.07) is 32.7. The van der Waals surface area contributed by atoms with Crippen LogP contribution in [0.4, 0.5) is 5.69 Å². The standard InChI is InChI=1S/C31H29NO3S/c1-36(33,34)32-27-12-7-10-24(20-27)21-31-29-13-6-5-11-25(29)14-15-26-22-28(16-17-30(26)31)35-19-18-23-8-3-2-4-9-23/h2-13,16-17,20-22,32H,14-15,18-19H2,1H3. The van der Waals surface area contributed by atoms with E-state index in [9.17, 15) is 8.42 Å². The van der Waals surface area contributed by atoms with E-state index in [1.807, 2.05) is 30.3 Å². The Labute approximate surface area is 213 Å². The van der Waals surface area contributed by atoms with E-state index in [0.29, 0.717) is 12.3 Å². The van der Waals surface area contributed by atoms with Crippen molar-refractivity contribution < 1.29 is 13.2 Å². The maximum atomic E-state index is 11.7. The van der Waals surface area contributed by atoms with E-state index in [-0.39, 0.29) is 0 Å². The number of hydrogen-bond donors (Lipinski definition) is 1. The summed E-state index contributed by atoms with van der Waals surface area (Å²) in [5, 5.41) is 0. The number of hydrogen-bond acceptors (Lipinski definition) is 3. The molecule has 1 N–H and O–H groups in total. The fourth-order valence-corrected chi connectivity index (χ4v) is 5.26. The molecule has 36 heavy (non-hydrogen) atoms. The average molecular weight is 496 g/mol. The normalized spacial score (nSPS) is 14.0. The molecule has 0 aliphatic heterocycles. The van der Waals surface area contributed by atoms with Gasteiger partial charge in [0.15, 0.2) is 0 Å². The van der Waals surface area contributed by atoms with E-state index < -0.39 is 10.0 Å². The fraction of sp³-hybridized carbons (Fsp3) is 0.161. The number of benzene rings is 4. The zero-order valence-corrected chi connectivity index (χ0v) is 21.1. The van der Waals surface area contributed by atoms with Crippen LogP contribution in [-0.2, 0) is 29.3 Å². The van der Waals surface area contributed by atoms with Gasteiger partial charge in [-0.3, -0.25) is 4.72 Å². The Hall–Kier alpha value is -3.83. The lowest BCUT2D eigenvalue weighted by Gasteiger charge is -2.14. The van der Waals surface area contributed by atoms with E-state index >= 15 is 0 Å². The lowest BCUT2D eigenvalue weighted by atomic mass is 9.92. The van der Waals surface area contributed by atoms with Gasteiger partial charge >= 0.3 is 0 Å². The largest absolute Gasteiger partial charge is 0.493 e. The smallest absolute Gasteiger partial charge is 0.229 e. The first kappa shape index (κ1) is 23.9. The predicted octanol–water partition coefficient (Wildman–Crippen LogP) is 6.37. The monoisotopic (exact) mass is 495 g/mol. The van der Waals surface area contributed by atoms with Gasteiger partial charge in [-0.2, -0.15) is 0 Å². The molecule has 1 aliphatic rings. The second-order valence-corrected chi connectivity index (χ2v) is 10.9. The molecule has 5 rings (SSSR count). The van der Waals surface area contributed by atoms with Crippen molar-refractivity contribution in [1.82, 2.24) is 0 Å². The molecule has 4 aromatic rings. The molecule has 4 nitrogen and oxygen atoms in total. The summed E-state index contributed by atoms with van der Waals surface area (Å²) >= 11 is 0. The van der Waals surface area contributed by atoms with E-state index in [2.05, 4.69) is 71.5 Å². The van der Waals surface area contributed by atoms with Gasteiger partial charge in [0, 0.05) is 12.1 Å². The van der Waals surface area contributed by atoms with Crippen LogP contribution < -0.4 is 9.46 Å². The summed E-state index contributed by atoms with van der Waals surface area (Å²) in [5.41, 5.74) is 8.82. The SMILES string of the molecule is CS(=O)(=O)Nc1cccc(C=C2c3ccccc3CCc3cc(OCCc4ccccc4)ccc32)c1. The molecule has 0 radical (unpaired) electrons. The number of rotatable bonds is 7. The molecular weight excluding hydrogens is 466 g/mol. The van der Waals surface area contributed by atoms with Gasteiger partial charge in [0.05, 0.1) is 12.9 Å². The van der Waals surface area contributed by atoms with Gasteiger partial charge in [0.2, 0.25) is 10.0 Å². The van der Waals surface area contributed by atoms with Gasteiger partial charge in [0.1, 0.15) is 5.75 Å². The average Bonchev–Trinajstić information content (AvgIpc) is 3.01. The third-order valence-corrected chi connectivity index (χ3v) is 6.95. The first-order valence-electron chi connectivity index (χ1n) is 12.1. The highest BCUT2D eigenvalue weighted by Crippen LogP contribution is 2.36. The zero-order valence-electron chi connectivity index (χ0n) is 20.3. The highest BCUT2D eigenvalue weighted by molar-refractivity contribution is 7.92. The molecule has 0 aromatic heterocycles. The minimum absolute atomic E-state index is 0.552. The van der Waals surface area contributed by atoms with Crippen LogP contribution in [-0.4, -0.2) is 21.3 Å². The molecule has 4 aromatic carbocycles. The molecule has 0 heterocycles. The van der Waals surface area contributed by atoms with E-state index in [4.69, 9.17) is 4.74 Å². The lowest BCUT2D eigenvalue weighted by molar-refractivity contribution is 0.321. The van der Waals surface area contributed by atoms with Crippen molar-refractivity contribution >= 4 is 27.4 Å². The van der Waals surface area contributed by atoms with Crippen molar-refractivity contribution in [3.63, 3.8) is 0 Å². The predicted molar refractivity (Wildman–Crippen MR) is 148 cm³/mol. The van der Waals surface area contributed by atoms with E-state index in [0.717, 1.165) is 42.4 Å². The van der Waals surface area contributed by atoms with Crippen molar-refractivity contribution in [2.75, 3.05) is 17.6 Å². The molecule has 1 aliphatic carbocycles. The van der Waals surface area contributed by atoms with Crippen LogP contribution in [0.25, 0.3) is 11.6 Å². The van der Waals surface area contributed by atoms with E-state index in [1.54, 1.807) is 6.07 Å². The van der Waals surface area contributed by atoms with Gasteiger partial charge < -0.3 is 4.74 Å². The van der Waals surface area contributed by atoms with Crippen LogP contribution in [0.15, 0.2) is 97.1 Å². The fourth-order valence-electron chi connectivity index (χ4n) is 4.70. The minimum Gasteiger partial charge on any atom is -0.493 e. The van der Waals surface area contributed by atoms with Gasteiger partial charge in [-0.25, -0.2) is 8.42 Å². The third-order valence-electron chi connectivity index (χ3n) is 6.34. The van der Waals surface area contributed by atoms with E-state index in [1.165, 1.54) is 27.8 Å².